The van der Waals surface area contributed by atoms with E-state index in [1.807, 2.05) is 0 Å². The molecular weight excluding hydrogens is 257 g/mol. The molecule has 0 aliphatic rings. The molecule has 0 radical (unpaired) electrons. The summed E-state index contributed by atoms with van der Waals surface area (Å²) in [4.78, 5) is 0. The van der Waals surface area contributed by atoms with Crippen molar-refractivity contribution in [2.75, 3.05) is 6.54 Å². The van der Waals surface area contributed by atoms with Gasteiger partial charge in [0.25, 0.3) is 0 Å². The second-order valence-electron chi connectivity index (χ2n) is 5.36. The molecule has 0 spiro atoms. The van der Waals surface area contributed by atoms with E-state index in [0.717, 1.165) is 18.9 Å². The largest absolute Gasteiger partial charge is 0.409 e. The van der Waals surface area contributed by atoms with E-state index in [-0.39, 0.29) is 11.7 Å². The molecule has 0 amide bonds. The summed E-state index contributed by atoms with van der Waals surface area (Å²) in [5.74, 6) is 0.305. The minimum atomic E-state index is -0.344. The van der Waals surface area contributed by atoms with Crippen LogP contribution in [0.15, 0.2) is 23.4 Å². The molecule has 0 aliphatic carbocycles. The molecule has 0 unspecified atom stereocenters. The predicted octanol–water partition coefficient (Wildman–Crippen LogP) is 2.84. The number of hydrogen-bond acceptors (Lipinski definition) is 3. The first-order valence-corrected chi connectivity index (χ1v) is 7.01. The first kappa shape index (κ1) is 16.4. The van der Waals surface area contributed by atoms with Gasteiger partial charge in [-0.3, -0.25) is 0 Å². The van der Waals surface area contributed by atoms with Gasteiger partial charge in [0.15, 0.2) is 5.84 Å². The molecule has 1 aromatic rings. The van der Waals surface area contributed by atoms with Gasteiger partial charge in [-0.1, -0.05) is 44.0 Å². The van der Waals surface area contributed by atoms with Crippen LogP contribution in [0.25, 0.3) is 0 Å². The smallest absolute Gasteiger partial charge is 0.170 e. The first-order chi connectivity index (χ1) is 9.54. The Kier molecular flexibility index (Phi) is 7.01. The second-order valence-corrected chi connectivity index (χ2v) is 5.36. The van der Waals surface area contributed by atoms with Crippen molar-refractivity contribution in [3.05, 3.63) is 35.1 Å². The maximum Gasteiger partial charge on any atom is 0.170 e. The molecule has 0 saturated heterocycles. The fraction of sp³-hybridized carbons (Fsp3) is 0.533. The van der Waals surface area contributed by atoms with Gasteiger partial charge in [0.2, 0.25) is 0 Å². The maximum absolute atomic E-state index is 13.8. The maximum atomic E-state index is 13.8. The SMILES string of the molecule is CC(C)CCCCNCc1ccc(/C(N)=N/O)cc1F. The van der Waals surface area contributed by atoms with Gasteiger partial charge in [0.1, 0.15) is 5.82 Å². The Bertz CT molecular complexity index is 447. The summed E-state index contributed by atoms with van der Waals surface area (Å²) in [5, 5.41) is 14.6. The Hall–Kier alpha value is -1.62. The highest BCUT2D eigenvalue weighted by Crippen LogP contribution is 2.11. The van der Waals surface area contributed by atoms with Crippen LogP contribution in [0.3, 0.4) is 0 Å². The molecule has 4 nitrogen and oxygen atoms in total. The predicted molar refractivity (Wildman–Crippen MR) is 79.3 cm³/mol. The molecule has 4 N–H and O–H groups in total. The van der Waals surface area contributed by atoms with Gasteiger partial charge in [-0.15, -0.1) is 0 Å². The summed E-state index contributed by atoms with van der Waals surface area (Å²) in [6, 6.07) is 4.59. The third-order valence-corrected chi connectivity index (χ3v) is 3.16. The zero-order chi connectivity index (χ0) is 15.0. The van der Waals surface area contributed by atoms with E-state index in [9.17, 15) is 4.39 Å². The summed E-state index contributed by atoms with van der Waals surface area (Å²) >= 11 is 0. The van der Waals surface area contributed by atoms with E-state index in [1.165, 1.54) is 18.9 Å². The summed E-state index contributed by atoms with van der Waals surface area (Å²) in [6.07, 6.45) is 3.52. The minimum absolute atomic E-state index is 0.0860. The number of benzene rings is 1. The Morgan fingerprint density at radius 3 is 2.75 bits per heavy atom. The summed E-state index contributed by atoms with van der Waals surface area (Å²) in [7, 11) is 0. The van der Waals surface area contributed by atoms with Crippen LogP contribution in [0, 0.1) is 11.7 Å². The number of halogens is 1. The number of nitrogens with two attached hydrogens (primary N) is 1. The standard InChI is InChI=1S/C15H24FN3O/c1-11(2)5-3-4-8-18-10-13-7-6-12(9-14(13)16)15(17)19-20/h6-7,9,11,18,20H,3-5,8,10H2,1-2H3,(H2,17,19). The van der Waals surface area contributed by atoms with Gasteiger partial charge >= 0.3 is 0 Å². The van der Waals surface area contributed by atoms with Crippen molar-refractivity contribution in [3.8, 4) is 0 Å². The summed E-state index contributed by atoms with van der Waals surface area (Å²) < 4.78 is 13.8. The molecule has 5 heteroatoms. The van der Waals surface area contributed by atoms with E-state index in [4.69, 9.17) is 10.9 Å². The lowest BCUT2D eigenvalue weighted by Gasteiger charge is -2.08. The van der Waals surface area contributed by atoms with Crippen molar-refractivity contribution in [2.24, 2.45) is 16.8 Å². The van der Waals surface area contributed by atoms with Crippen molar-refractivity contribution in [3.63, 3.8) is 0 Å². The van der Waals surface area contributed by atoms with Crippen molar-refractivity contribution >= 4 is 5.84 Å². The number of nitrogens with one attached hydrogen (secondary N) is 1. The quantitative estimate of drug-likeness (QED) is 0.226. The van der Waals surface area contributed by atoms with Gasteiger partial charge in [-0.05, 0) is 24.9 Å². The minimum Gasteiger partial charge on any atom is -0.409 e. The zero-order valence-corrected chi connectivity index (χ0v) is 12.2. The highest BCUT2D eigenvalue weighted by atomic mass is 19.1. The molecule has 1 rings (SSSR count). The summed E-state index contributed by atoms with van der Waals surface area (Å²) in [5.41, 5.74) is 6.38. The lowest BCUT2D eigenvalue weighted by molar-refractivity contribution is 0.318. The van der Waals surface area contributed by atoms with Gasteiger partial charge in [-0.2, -0.15) is 0 Å². The molecule has 0 saturated carbocycles. The Morgan fingerprint density at radius 1 is 1.40 bits per heavy atom. The molecule has 0 bridgehead atoms. The van der Waals surface area contributed by atoms with E-state index in [1.54, 1.807) is 12.1 Å². The fourth-order valence-electron chi connectivity index (χ4n) is 1.93. The number of rotatable bonds is 8. The van der Waals surface area contributed by atoms with Crippen molar-refractivity contribution in [1.82, 2.24) is 5.32 Å². The number of nitrogens with zero attached hydrogens (tertiary/aromatic N) is 1. The van der Waals surface area contributed by atoms with Crippen LogP contribution < -0.4 is 11.1 Å². The molecule has 0 atom stereocenters. The van der Waals surface area contributed by atoms with Crippen LogP contribution in [-0.4, -0.2) is 17.6 Å². The molecule has 0 heterocycles. The van der Waals surface area contributed by atoms with Gasteiger partial charge in [0.05, 0.1) is 0 Å². The van der Waals surface area contributed by atoms with Gasteiger partial charge < -0.3 is 16.3 Å². The highest BCUT2D eigenvalue weighted by Gasteiger charge is 2.06. The zero-order valence-electron chi connectivity index (χ0n) is 12.2. The van der Waals surface area contributed by atoms with Crippen LogP contribution in [0.4, 0.5) is 4.39 Å². The van der Waals surface area contributed by atoms with Crippen molar-refractivity contribution in [1.29, 1.82) is 0 Å². The average Bonchev–Trinajstić information content (AvgIpc) is 2.42. The van der Waals surface area contributed by atoms with Crippen LogP contribution in [0.5, 0.6) is 0 Å². The average molecular weight is 281 g/mol. The molecule has 0 aromatic heterocycles. The van der Waals surface area contributed by atoms with E-state index < -0.39 is 0 Å². The fourth-order valence-corrected chi connectivity index (χ4v) is 1.93. The summed E-state index contributed by atoms with van der Waals surface area (Å²) in [6.45, 7) is 5.80. The Morgan fingerprint density at radius 2 is 2.15 bits per heavy atom. The van der Waals surface area contributed by atoms with Crippen molar-refractivity contribution in [2.45, 2.75) is 39.7 Å². The number of oxime groups is 1. The monoisotopic (exact) mass is 281 g/mol. The van der Waals surface area contributed by atoms with Gasteiger partial charge in [0, 0.05) is 17.7 Å². The van der Waals surface area contributed by atoms with Crippen LogP contribution in [0.1, 0.15) is 44.2 Å². The Balaban J connectivity index is 2.38. The lowest BCUT2D eigenvalue weighted by atomic mass is 10.1. The third-order valence-electron chi connectivity index (χ3n) is 3.16. The van der Waals surface area contributed by atoms with Crippen LogP contribution >= 0.6 is 0 Å². The molecule has 1 aromatic carbocycles. The van der Waals surface area contributed by atoms with Crippen LogP contribution in [0.2, 0.25) is 0 Å². The van der Waals surface area contributed by atoms with E-state index in [0.29, 0.717) is 17.7 Å². The molecule has 0 fully saturated rings. The molecule has 20 heavy (non-hydrogen) atoms. The van der Waals surface area contributed by atoms with Crippen molar-refractivity contribution < 1.29 is 9.60 Å². The van der Waals surface area contributed by atoms with Crippen LogP contribution in [-0.2, 0) is 6.54 Å². The molecule has 0 aliphatic heterocycles. The number of hydrogen-bond donors (Lipinski definition) is 3. The lowest BCUT2D eigenvalue weighted by Crippen LogP contribution is -2.17. The first-order valence-electron chi connectivity index (χ1n) is 7.01. The van der Waals surface area contributed by atoms with E-state index >= 15 is 0 Å². The second kappa shape index (κ2) is 8.53. The Labute approximate surface area is 119 Å². The van der Waals surface area contributed by atoms with Gasteiger partial charge in [-0.25, -0.2) is 4.39 Å². The topological polar surface area (TPSA) is 70.6 Å². The third kappa shape index (κ3) is 5.57. The highest BCUT2D eigenvalue weighted by molar-refractivity contribution is 5.97. The van der Waals surface area contributed by atoms with E-state index in [2.05, 4.69) is 24.3 Å². The number of amidine groups is 1. The molecule has 112 valence electrons. The molecular formula is C15H24FN3O. The number of unbranched alkanes of at least 4 members (excludes halogenated alkanes) is 1. The normalized spacial score (nSPS) is 12.1.